The molecule has 5 nitrogen and oxygen atoms in total. The SMILES string of the molecule is CC(C)(C)OC(=O)N1CCC(CCNCC(=O)c2ccc(Br)cc2)C1. The standard InChI is InChI=1S/C19H27BrN2O3/c1-19(2,3)25-18(24)22-11-9-14(13-22)8-10-21-12-17(23)15-4-6-16(20)7-5-15/h4-7,14,21H,8-13H2,1-3H3. The maximum Gasteiger partial charge on any atom is 0.410 e. The van der Waals surface area contributed by atoms with Gasteiger partial charge in [0.2, 0.25) is 0 Å². The molecule has 0 radical (unpaired) electrons. The Morgan fingerprint density at radius 3 is 2.60 bits per heavy atom. The van der Waals surface area contributed by atoms with Crippen molar-refractivity contribution in [1.29, 1.82) is 0 Å². The van der Waals surface area contributed by atoms with Gasteiger partial charge in [-0.2, -0.15) is 0 Å². The normalized spacial score (nSPS) is 17.6. The van der Waals surface area contributed by atoms with E-state index in [1.54, 1.807) is 4.90 Å². The number of nitrogens with one attached hydrogen (secondary N) is 1. The van der Waals surface area contributed by atoms with Crippen molar-refractivity contribution >= 4 is 27.8 Å². The number of hydrogen-bond acceptors (Lipinski definition) is 4. The van der Waals surface area contributed by atoms with Crippen molar-refractivity contribution in [2.75, 3.05) is 26.2 Å². The number of carbonyl (C=O) groups is 2. The van der Waals surface area contributed by atoms with Crippen LogP contribution in [-0.4, -0.2) is 48.6 Å². The zero-order valence-corrected chi connectivity index (χ0v) is 16.8. The highest BCUT2D eigenvalue weighted by molar-refractivity contribution is 9.10. The van der Waals surface area contributed by atoms with Crippen LogP contribution in [0.3, 0.4) is 0 Å². The van der Waals surface area contributed by atoms with Gasteiger partial charge >= 0.3 is 6.09 Å². The number of halogens is 1. The molecule has 0 saturated carbocycles. The monoisotopic (exact) mass is 410 g/mol. The number of ketones is 1. The molecule has 1 unspecified atom stereocenters. The molecule has 1 atom stereocenters. The fraction of sp³-hybridized carbons (Fsp3) is 0.579. The summed E-state index contributed by atoms with van der Waals surface area (Å²) in [5.74, 6) is 0.553. The first-order valence-corrected chi connectivity index (χ1v) is 9.51. The number of likely N-dealkylation sites (tertiary alicyclic amines) is 1. The molecule has 1 saturated heterocycles. The van der Waals surface area contributed by atoms with Crippen LogP contribution in [0.4, 0.5) is 4.79 Å². The lowest BCUT2D eigenvalue weighted by Crippen LogP contribution is -2.35. The largest absolute Gasteiger partial charge is 0.444 e. The Labute approximate surface area is 158 Å². The molecule has 1 N–H and O–H groups in total. The lowest BCUT2D eigenvalue weighted by molar-refractivity contribution is 0.0287. The van der Waals surface area contributed by atoms with Crippen LogP contribution in [0.5, 0.6) is 0 Å². The maximum absolute atomic E-state index is 12.1. The Bertz CT molecular complexity index is 596. The summed E-state index contributed by atoms with van der Waals surface area (Å²) in [6.07, 6.45) is 1.71. The molecular formula is C19H27BrN2O3. The molecule has 0 aromatic heterocycles. The van der Waals surface area contributed by atoms with Crippen LogP contribution in [0, 0.1) is 5.92 Å². The Hall–Kier alpha value is -1.40. The highest BCUT2D eigenvalue weighted by Crippen LogP contribution is 2.21. The predicted molar refractivity (Wildman–Crippen MR) is 102 cm³/mol. The second-order valence-electron chi connectivity index (χ2n) is 7.48. The van der Waals surface area contributed by atoms with Crippen LogP contribution in [0.1, 0.15) is 44.0 Å². The number of amides is 1. The van der Waals surface area contributed by atoms with Crippen LogP contribution in [0.25, 0.3) is 0 Å². The smallest absolute Gasteiger partial charge is 0.410 e. The summed E-state index contributed by atoms with van der Waals surface area (Å²) in [6, 6.07) is 7.39. The van der Waals surface area contributed by atoms with E-state index in [1.165, 1.54) is 0 Å². The molecule has 1 heterocycles. The molecule has 1 aromatic carbocycles. The molecule has 1 fully saturated rings. The molecule has 0 spiro atoms. The minimum absolute atomic E-state index is 0.0919. The second kappa shape index (κ2) is 8.81. The van der Waals surface area contributed by atoms with Gasteiger partial charge in [-0.15, -0.1) is 0 Å². The summed E-state index contributed by atoms with van der Waals surface area (Å²) in [5.41, 5.74) is 0.261. The Balaban J connectivity index is 1.65. The van der Waals surface area contributed by atoms with Crippen LogP contribution in [0.2, 0.25) is 0 Å². The molecule has 2 rings (SSSR count). The van der Waals surface area contributed by atoms with Crippen LogP contribution in [0.15, 0.2) is 28.7 Å². The number of Topliss-reactive ketones (excluding diaryl/α,β-unsaturated/α-hetero) is 1. The summed E-state index contributed by atoms with van der Waals surface area (Å²) in [6.45, 7) is 8.23. The van der Waals surface area contributed by atoms with E-state index in [0.29, 0.717) is 18.0 Å². The lowest BCUT2D eigenvalue weighted by atomic mass is 10.1. The van der Waals surface area contributed by atoms with Crippen molar-refractivity contribution in [3.63, 3.8) is 0 Å². The number of rotatable bonds is 6. The second-order valence-corrected chi connectivity index (χ2v) is 8.39. The van der Waals surface area contributed by atoms with Gasteiger partial charge in [0.1, 0.15) is 5.60 Å². The van der Waals surface area contributed by atoms with Crippen molar-refractivity contribution in [1.82, 2.24) is 10.2 Å². The van der Waals surface area contributed by atoms with Crippen molar-refractivity contribution in [3.8, 4) is 0 Å². The van der Waals surface area contributed by atoms with E-state index in [2.05, 4.69) is 21.2 Å². The van der Waals surface area contributed by atoms with Gasteiger partial charge in [0.25, 0.3) is 0 Å². The van der Waals surface area contributed by atoms with Crippen molar-refractivity contribution in [2.45, 2.75) is 39.2 Å². The minimum Gasteiger partial charge on any atom is -0.444 e. The summed E-state index contributed by atoms with van der Waals surface area (Å²) in [4.78, 5) is 25.9. The summed E-state index contributed by atoms with van der Waals surface area (Å²) < 4.78 is 6.37. The summed E-state index contributed by atoms with van der Waals surface area (Å²) in [5, 5.41) is 3.21. The molecule has 0 aliphatic carbocycles. The quantitative estimate of drug-likeness (QED) is 0.571. The number of carbonyl (C=O) groups excluding carboxylic acids is 2. The average Bonchev–Trinajstić information content (AvgIpc) is 2.99. The van der Waals surface area contributed by atoms with Crippen LogP contribution >= 0.6 is 15.9 Å². The third-order valence-electron chi connectivity index (χ3n) is 4.12. The number of benzene rings is 1. The van der Waals surface area contributed by atoms with Gasteiger partial charge in [-0.3, -0.25) is 4.79 Å². The molecule has 1 amide bonds. The first kappa shape index (κ1) is 19.9. The van der Waals surface area contributed by atoms with E-state index in [4.69, 9.17) is 4.74 Å². The molecule has 0 bridgehead atoms. The van der Waals surface area contributed by atoms with Crippen LogP contribution in [-0.2, 0) is 4.74 Å². The van der Waals surface area contributed by atoms with Crippen molar-refractivity contribution < 1.29 is 14.3 Å². The van der Waals surface area contributed by atoms with Gasteiger partial charge in [0.05, 0.1) is 6.54 Å². The summed E-state index contributed by atoms with van der Waals surface area (Å²) >= 11 is 3.36. The third kappa shape index (κ3) is 6.78. The highest BCUT2D eigenvalue weighted by atomic mass is 79.9. The van der Waals surface area contributed by atoms with Gasteiger partial charge in [-0.25, -0.2) is 4.79 Å². The van der Waals surface area contributed by atoms with E-state index < -0.39 is 5.60 Å². The Kier molecular flexibility index (Phi) is 7.02. The first-order chi connectivity index (χ1) is 11.7. The minimum atomic E-state index is -0.454. The van der Waals surface area contributed by atoms with Gasteiger partial charge in [-0.05, 0) is 58.2 Å². The molecule has 6 heteroatoms. The average molecular weight is 411 g/mol. The fourth-order valence-corrected chi connectivity index (χ4v) is 3.07. The molecule has 1 aromatic rings. The highest BCUT2D eigenvalue weighted by Gasteiger charge is 2.29. The Morgan fingerprint density at radius 1 is 1.28 bits per heavy atom. The van der Waals surface area contributed by atoms with Gasteiger partial charge in [0.15, 0.2) is 5.78 Å². The van der Waals surface area contributed by atoms with Crippen LogP contribution < -0.4 is 5.32 Å². The van der Waals surface area contributed by atoms with E-state index in [9.17, 15) is 9.59 Å². The number of ether oxygens (including phenoxy) is 1. The van der Waals surface area contributed by atoms with Gasteiger partial charge in [0, 0.05) is 23.1 Å². The molecule has 1 aliphatic rings. The van der Waals surface area contributed by atoms with E-state index >= 15 is 0 Å². The van der Waals surface area contributed by atoms with Crippen molar-refractivity contribution in [2.24, 2.45) is 5.92 Å². The zero-order chi connectivity index (χ0) is 18.4. The lowest BCUT2D eigenvalue weighted by Gasteiger charge is -2.24. The first-order valence-electron chi connectivity index (χ1n) is 8.72. The third-order valence-corrected chi connectivity index (χ3v) is 4.65. The number of hydrogen-bond donors (Lipinski definition) is 1. The fourth-order valence-electron chi connectivity index (χ4n) is 2.81. The van der Waals surface area contributed by atoms with E-state index in [0.717, 1.165) is 36.9 Å². The maximum atomic E-state index is 12.1. The summed E-state index contributed by atoms with van der Waals surface area (Å²) in [7, 11) is 0. The van der Waals surface area contributed by atoms with E-state index in [1.807, 2.05) is 45.0 Å². The number of nitrogens with zero attached hydrogens (tertiary/aromatic N) is 1. The van der Waals surface area contributed by atoms with E-state index in [-0.39, 0.29) is 11.9 Å². The molecular weight excluding hydrogens is 384 g/mol. The van der Waals surface area contributed by atoms with Gasteiger partial charge < -0.3 is 15.0 Å². The molecule has 25 heavy (non-hydrogen) atoms. The molecule has 1 aliphatic heterocycles. The predicted octanol–water partition coefficient (Wildman–Crippen LogP) is 3.87. The Morgan fingerprint density at radius 2 is 1.96 bits per heavy atom. The molecule has 138 valence electrons. The van der Waals surface area contributed by atoms with Crippen molar-refractivity contribution in [3.05, 3.63) is 34.3 Å². The van der Waals surface area contributed by atoms with Gasteiger partial charge in [-0.1, -0.05) is 28.1 Å². The zero-order valence-electron chi connectivity index (χ0n) is 15.2. The topological polar surface area (TPSA) is 58.6 Å².